The van der Waals surface area contributed by atoms with Crippen LogP contribution in [0.3, 0.4) is 0 Å². The van der Waals surface area contributed by atoms with Crippen LogP contribution in [-0.2, 0) is 6.61 Å². The lowest BCUT2D eigenvalue weighted by Gasteiger charge is -2.07. The van der Waals surface area contributed by atoms with E-state index in [9.17, 15) is 9.18 Å². The summed E-state index contributed by atoms with van der Waals surface area (Å²) in [5.74, 6) is -1.60. The second-order valence-corrected chi connectivity index (χ2v) is 5.14. The molecule has 2 aromatic carbocycles. The summed E-state index contributed by atoms with van der Waals surface area (Å²) >= 11 is 2.20. The molecule has 2 aromatic rings. The monoisotopic (exact) mass is 372 g/mol. The quantitative estimate of drug-likeness (QED) is 0.833. The molecule has 0 aromatic heterocycles. The minimum absolute atomic E-state index is 0.127. The number of carboxylic acids is 1. The maximum atomic E-state index is 13.2. The lowest BCUT2D eigenvalue weighted by atomic mass is 10.2. The maximum absolute atomic E-state index is 13.2. The van der Waals surface area contributed by atoms with E-state index in [1.807, 2.05) is 24.3 Å². The molecule has 98 valence electrons. The van der Waals surface area contributed by atoms with E-state index in [0.717, 1.165) is 15.2 Å². The van der Waals surface area contributed by atoms with Crippen molar-refractivity contribution in [2.24, 2.45) is 0 Å². The van der Waals surface area contributed by atoms with Crippen molar-refractivity contribution in [2.75, 3.05) is 0 Å². The van der Waals surface area contributed by atoms with Gasteiger partial charge in [0.05, 0.1) is 5.56 Å². The van der Waals surface area contributed by atoms with Gasteiger partial charge in [0.25, 0.3) is 0 Å². The number of carbonyl (C=O) groups is 1. The molecular weight excluding hydrogens is 362 g/mol. The molecule has 0 aliphatic heterocycles. The Hall–Kier alpha value is -1.63. The lowest BCUT2D eigenvalue weighted by molar-refractivity contribution is 0.0695. The standard InChI is InChI=1S/C14H10FIO3/c15-11-5-10(14(17)18)6-13(7-11)19-8-9-1-3-12(16)4-2-9/h1-7H,8H2,(H,17,18). The predicted molar refractivity (Wildman–Crippen MR) is 76.9 cm³/mol. The van der Waals surface area contributed by atoms with Gasteiger partial charge in [0.2, 0.25) is 0 Å². The molecule has 19 heavy (non-hydrogen) atoms. The molecule has 0 saturated carbocycles. The Bertz CT molecular complexity index is 596. The summed E-state index contributed by atoms with van der Waals surface area (Å²) < 4.78 is 19.7. The van der Waals surface area contributed by atoms with Crippen molar-refractivity contribution < 1.29 is 19.0 Å². The Morgan fingerprint density at radius 3 is 2.53 bits per heavy atom. The van der Waals surface area contributed by atoms with E-state index in [0.29, 0.717) is 0 Å². The van der Waals surface area contributed by atoms with Crippen LogP contribution < -0.4 is 4.74 Å². The van der Waals surface area contributed by atoms with E-state index in [1.54, 1.807) is 0 Å². The van der Waals surface area contributed by atoms with Gasteiger partial charge in [-0.3, -0.25) is 0 Å². The Morgan fingerprint density at radius 2 is 1.89 bits per heavy atom. The smallest absolute Gasteiger partial charge is 0.335 e. The van der Waals surface area contributed by atoms with Crippen LogP contribution in [0.2, 0.25) is 0 Å². The fourth-order valence-electron chi connectivity index (χ4n) is 1.52. The van der Waals surface area contributed by atoms with E-state index in [4.69, 9.17) is 9.84 Å². The molecule has 5 heteroatoms. The molecule has 0 heterocycles. The zero-order valence-corrected chi connectivity index (χ0v) is 11.9. The Balaban J connectivity index is 2.11. The van der Waals surface area contributed by atoms with Crippen molar-refractivity contribution in [3.8, 4) is 5.75 Å². The number of carboxylic acid groups (broad SMARTS) is 1. The number of halogens is 2. The zero-order valence-electron chi connectivity index (χ0n) is 9.77. The number of benzene rings is 2. The van der Waals surface area contributed by atoms with Crippen molar-refractivity contribution in [3.05, 3.63) is 63.0 Å². The molecule has 0 aliphatic carbocycles. The predicted octanol–water partition coefficient (Wildman–Crippen LogP) is 3.71. The first-order chi connectivity index (χ1) is 9.04. The molecule has 2 rings (SSSR count). The summed E-state index contributed by atoms with van der Waals surface area (Å²) in [5.41, 5.74) is 0.805. The van der Waals surface area contributed by atoms with Crippen molar-refractivity contribution in [1.29, 1.82) is 0 Å². The van der Waals surface area contributed by atoms with Crippen LogP contribution in [0.5, 0.6) is 5.75 Å². The maximum Gasteiger partial charge on any atom is 0.335 e. The summed E-state index contributed by atoms with van der Waals surface area (Å²) in [4.78, 5) is 10.8. The molecule has 0 fully saturated rings. The number of ether oxygens (including phenoxy) is 1. The highest BCUT2D eigenvalue weighted by molar-refractivity contribution is 14.1. The molecule has 1 N–H and O–H groups in total. The van der Waals surface area contributed by atoms with Crippen LogP contribution in [0, 0.1) is 9.39 Å². The van der Waals surface area contributed by atoms with Crippen LogP contribution in [0.25, 0.3) is 0 Å². The molecule has 0 spiro atoms. The van der Waals surface area contributed by atoms with Gasteiger partial charge in [-0.05, 0) is 52.4 Å². The molecule has 0 amide bonds. The van der Waals surface area contributed by atoms with Gasteiger partial charge < -0.3 is 9.84 Å². The van der Waals surface area contributed by atoms with E-state index in [1.165, 1.54) is 12.1 Å². The fourth-order valence-corrected chi connectivity index (χ4v) is 1.88. The molecule has 3 nitrogen and oxygen atoms in total. The molecule has 0 aliphatic rings. The van der Waals surface area contributed by atoms with Crippen molar-refractivity contribution >= 4 is 28.6 Å². The van der Waals surface area contributed by atoms with Gasteiger partial charge in [-0.25, -0.2) is 9.18 Å². The molecular formula is C14H10FIO3. The second-order valence-electron chi connectivity index (χ2n) is 3.90. The van der Waals surface area contributed by atoms with Gasteiger partial charge in [-0.2, -0.15) is 0 Å². The summed E-state index contributed by atoms with van der Waals surface area (Å²) in [7, 11) is 0. The second kappa shape index (κ2) is 6.01. The first-order valence-corrected chi connectivity index (χ1v) is 6.53. The van der Waals surface area contributed by atoms with Crippen LogP contribution in [0.4, 0.5) is 4.39 Å². The number of rotatable bonds is 4. The largest absolute Gasteiger partial charge is 0.489 e. The van der Waals surface area contributed by atoms with Crippen molar-refractivity contribution in [3.63, 3.8) is 0 Å². The first-order valence-electron chi connectivity index (χ1n) is 5.46. The third-order valence-corrected chi connectivity index (χ3v) is 3.16. The Labute approximate surface area is 123 Å². The molecule has 0 unspecified atom stereocenters. The van der Waals surface area contributed by atoms with E-state index in [-0.39, 0.29) is 17.9 Å². The molecule has 0 radical (unpaired) electrons. The molecule has 0 atom stereocenters. The molecule has 0 bridgehead atoms. The fraction of sp³-hybridized carbons (Fsp3) is 0.0714. The number of aromatic carboxylic acids is 1. The van der Waals surface area contributed by atoms with E-state index >= 15 is 0 Å². The van der Waals surface area contributed by atoms with E-state index in [2.05, 4.69) is 22.6 Å². The molecule has 0 saturated heterocycles. The lowest BCUT2D eigenvalue weighted by Crippen LogP contribution is -2.00. The summed E-state index contributed by atoms with van der Waals surface area (Å²) in [5, 5.41) is 8.83. The minimum Gasteiger partial charge on any atom is -0.489 e. The van der Waals surface area contributed by atoms with Crippen LogP contribution in [-0.4, -0.2) is 11.1 Å². The highest BCUT2D eigenvalue weighted by atomic mass is 127. The van der Waals surface area contributed by atoms with Gasteiger partial charge in [0, 0.05) is 9.64 Å². The van der Waals surface area contributed by atoms with Crippen LogP contribution in [0.1, 0.15) is 15.9 Å². The van der Waals surface area contributed by atoms with Crippen LogP contribution in [0.15, 0.2) is 42.5 Å². The topological polar surface area (TPSA) is 46.5 Å². The summed E-state index contributed by atoms with van der Waals surface area (Å²) in [6, 6.07) is 11.1. The normalized spacial score (nSPS) is 10.2. The SMILES string of the molecule is O=C(O)c1cc(F)cc(OCc2ccc(I)cc2)c1. The average molecular weight is 372 g/mol. The average Bonchev–Trinajstić information content (AvgIpc) is 2.37. The highest BCUT2D eigenvalue weighted by Crippen LogP contribution is 2.18. The zero-order chi connectivity index (χ0) is 13.8. The first kappa shape index (κ1) is 13.8. The van der Waals surface area contributed by atoms with Gasteiger partial charge in [-0.15, -0.1) is 0 Å². The van der Waals surface area contributed by atoms with Gasteiger partial charge in [0.1, 0.15) is 18.2 Å². The highest BCUT2D eigenvalue weighted by Gasteiger charge is 2.08. The number of hydrogen-bond donors (Lipinski definition) is 1. The van der Waals surface area contributed by atoms with Gasteiger partial charge in [0.15, 0.2) is 0 Å². The third-order valence-electron chi connectivity index (χ3n) is 2.44. The summed E-state index contributed by atoms with van der Waals surface area (Å²) in [6.07, 6.45) is 0. The van der Waals surface area contributed by atoms with E-state index < -0.39 is 11.8 Å². The third kappa shape index (κ3) is 3.92. The van der Waals surface area contributed by atoms with Crippen LogP contribution >= 0.6 is 22.6 Å². The Kier molecular flexibility index (Phi) is 4.36. The number of hydrogen-bond acceptors (Lipinski definition) is 2. The summed E-state index contributed by atoms with van der Waals surface area (Å²) in [6.45, 7) is 0.263. The van der Waals surface area contributed by atoms with Gasteiger partial charge in [-0.1, -0.05) is 12.1 Å². The Morgan fingerprint density at radius 1 is 1.21 bits per heavy atom. The van der Waals surface area contributed by atoms with Gasteiger partial charge >= 0.3 is 5.97 Å². The van der Waals surface area contributed by atoms with Crippen molar-refractivity contribution in [2.45, 2.75) is 6.61 Å². The minimum atomic E-state index is -1.18. The van der Waals surface area contributed by atoms with Crippen molar-refractivity contribution in [1.82, 2.24) is 0 Å².